The Balaban J connectivity index is 1.35. The van der Waals surface area contributed by atoms with Gasteiger partial charge in [0.2, 0.25) is 5.89 Å². The van der Waals surface area contributed by atoms with E-state index in [0.29, 0.717) is 24.8 Å². The zero-order chi connectivity index (χ0) is 17.1. The molecule has 0 saturated heterocycles. The Morgan fingerprint density at radius 2 is 1.96 bits per heavy atom. The van der Waals surface area contributed by atoms with Crippen LogP contribution in [0.2, 0.25) is 0 Å². The minimum atomic E-state index is -0.264. The van der Waals surface area contributed by atoms with Gasteiger partial charge in [-0.2, -0.15) is 0 Å². The normalized spacial score (nSPS) is 16.8. The molecule has 2 aromatic carbocycles. The molecule has 0 radical (unpaired) electrons. The van der Waals surface area contributed by atoms with E-state index in [-0.39, 0.29) is 11.9 Å². The minimum absolute atomic E-state index is 0.244. The van der Waals surface area contributed by atoms with Crippen molar-refractivity contribution in [3.63, 3.8) is 0 Å². The van der Waals surface area contributed by atoms with Crippen molar-refractivity contribution >= 4 is 0 Å². The van der Waals surface area contributed by atoms with E-state index in [9.17, 15) is 4.39 Å². The number of benzene rings is 2. The van der Waals surface area contributed by atoms with Gasteiger partial charge in [0.15, 0.2) is 5.76 Å². The van der Waals surface area contributed by atoms with E-state index in [1.807, 2.05) is 18.2 Å². The molecule has 0 amide bonds. The number of fused-ring (bicyclic) bond motifs is 1. The minimum Gasteiger partial charge on any atom is -0.492 e. The average Bonchev–Trinajstić information content (AvgIpc) is 3.01. The highest BCUT2D eigenvalue weighted by Gasteiger charge is 2.17. The van der Waals surface area contributed by atoms with Crippen molar-refractivity contribution < 1.29 is 13.5 Å². The molecule has 0 fully saturated rings. The first-order valence-corrected chi connectivity index (χ1v) is 8.43. The lowest BCUT2D eigenvalue weighted by atomic mass is 10.1. The molecule has 1 unspecified atom stereocenters. The van der Waals surface area contributed by atoms with Crippen molar-refractivity contribution in [1.82, 2.24) is 10.3 Å². The fourth-order valence-electron chi connectivity index (χ4n) is 2.99. The van der Waals surface area contributed by atoms with Crippen molar-refractivity contribution in [2.24, 2.45) is 0 Å². The SMILES string of the molecule is Fc1ccc(-c2cnc(CNC3CCc4ccccc4OC3)o2)cc1. The van der Waals surface area contributed by atoms with Gasteiger partial charge in [0.25, 0.3) is 0 Å². The van der Waals surface area contributed by atoms with E-state index in [0.717, 1.165) is 24.2 Å². The first kappa shape index (κ1) is 15.8. The smallest absolute Gasteiger partial charge is 0.208 e. The number of hydrogen-bond acceptors (Lipinski definition) is 4. The summed E-state index contributed by atoms with van der Waals surface area (Å²) in [6.45, 7) is 1.16. The number of aromatic nitrogens is 1. The molecule has 0 aliphatic carbocycles. The van der Waals surface area contributed by atoms with E-state index in [1.165, 1.54) is 17.7 Å². The molecule has 1 N–H and O–H groups in total. The number of ether oxygens (including phenoxy) is 1. The van der Waals surface area contributed by atoms with Crippen LogP contribution in [0, 0.1) is 5.82 Å². The van der Waals surface area contributed by atoms with Crippen LogP contribution in [0.5, 0.6) is 5.75 Å². The van der Waals surface area contributed by atoms with Crippen LogP contribution in [-0.4, -0.2) is 17.6 Å². The molecule has 1 aromatic heterocycles. The van der Waals surface area contributed by atoms with Crippen LogP contribution < -0.4 is 10.1 Å². The van der Waals surface area contributed by atoms with Gasteiger partial charge in [0.1, 0.15) is 18.2 Å². The Labute approximate surface area is 145 Å². The molecule has 1 aliphatic rings. The molecular formula is C20H19FN2O2. The van der Waals surface area contributed by atoms with Crippen LogP contribution in [0.25, 0.3) is 11.3 Å². The van der Waals surface area contributed by atoms with Crippen molar-refractivity contribution in [3.05, 3.63) is 72.0 Å². The monoisotopic (exact) mass is 338 g/mol. The standard InChI is InChI=1S/C20H19FN2O2/c21-16-8-5-15(6-9-16)19-11-23-20(25-19)12-22-17-10-7-14-3-1-2-4-18(14)24-13-17/h1-6,8-9,11,17,22H,7,10,12-13H2. The fraction of sp³-hybridized carbons (Fsp3) is 0.250. The average molecular weight is 338 g/mol. The number of para-hydroxylation sites is 1. The molecule has 25 heavy (non-hydrogen) atoms. The van der Waals surface area contributed by atoms with Gasteiger partial charge in [-0.3, -0.25) is 0 Å². The molecule has 4 nitrogen and oxygen atoms in total. The third kappa shape index (κ3) is 3.72. The molecule has 0 bridgehead atoms. The summed E-state index contributed by atoms with van der Waals surface area (Å²) in [6, 6.07) is 14.6. The number of rotatable bonds is 4. The quantitative estimate of drug-likeness (QED) is 0.782. The van der Waals surface area contributed by atoms with Gasteiger partial charge in [-0.15, -0.1) is 0 Å². The largest absolute Gasteiger partial charge is 0.492 e. The lowest BCUT2D eigenvalue weighted by Gasteiger charge is -2.14. The highest BCUT2D eigenvalue weighted by molar-refractivity contribution is 5.55. The summed E-state index contributed by atoms with van der Waals surface area (Å²) in [6.07, 6.45) is 3.66. The summed E-state index contributed by atoms with van der Waals surface area (Å²) in [5, 5.41) is 3.45. The summed E-state index contributed by atoms with van der Waals surface area (Å²) in [4.78, 5) is 4.30. The van der Waals surface area contributed by atoms with E-state index < -0.39 is 0 Å². The van der Waals surface area contributed by atoms with Crippen molar-refractivity contribution in [1.29, 1.82) is 0 Å². The number of halogens is 1. The van der Waals surface area contributed by atoms with Crippen molar-refractivity contribution in [2.75, 3.05) is 6.61 Å². The van der Waals surface area contributed by atoms with Gasteiger partial charge >= 0.3 is 0 Å². The van der Waals surface area contributed by atoms with Crippen molar-refractivity contribution in [2.45, 2.75) is 25.4 Å². The molecule has 0 spiro atoms. The molecule has 3 aromatic rings. The van der Waals surface area contributed by atoms with Crippen molar-refractivity contribution in [3.8, 4) is 17.1 Å². The number of nitrogens with zero attached hydrogens (tertiary/aromatic N) is 1. The van der Waals surface area contributed by atoms with Crippen LogP contribution in [0.1, 0.15) is 17.9 Å². The summed E-state index contributed by atoms with van der Waals surface area (Å²) in [7, 11) is 0. The summed E-state index contributed by atoms with van der Waals surface area (Å²) in [5.41, 5.74) is 2.06. The van der Waals surface area contributed by atoms with Crippen LogP contribution >= 0.6 is 0 Å². The van der Waals surface area contributed by atoms with Crippen LogP contribution in [0.4, 0.5) is 4.39 Å². The first-order chi connectivity index (χ1) is 12.3. The highest BCUT2D eigenvalue weighted by Crippen LogP contribution is 2.24. The second kappa shape index (κ2) is 7.07. The summed E-state index contributed by atoms with van der Waals surface area (Å²) >= 11 is 0. The maximum Gasteiger partial charge on any atom is 0.208 e. The lowest BCUT2D eigenvalue weighted by molar-refractivity contribution is 0.263. The molecule has 1 aliphatic heterocycles. The molecule has 0 saturated carbocycles. The Hall–Kier alpha value is -2.66. The van der Waals surface area contributed by atoms with Crippen LogP contribution in [0.3, 0.4) is 0 Å². The van der Waals surface area contributed by atoms with E-state index in [1.54, 1.807) is 18.3 Å². The van der Waals surface area contributed by atoms with E-state index in [2.05, 4.69) is 16.4 Å². The molecule has 1 atom stereocenters. The summed E-state index contributed by atoms with van der Waals surface area (Å²) < 4.78 is 24.6. The number of hydrogen-bond donors (Lipinski definition) is 1. The zero-order valence-corrected chi connectivity index (χ0v) is 13.7. The third-order valence-electron chi connectivity index (χ3n) is 4.40. The van der Waals surface area contributed by atoms with Gasteiger partial charge in [-0.25, -0.2) is 9.37 Å². The third-order valence-corrected chi connectivity index (χ3v) is 4.40. The maximum absolute atomic E-state index is 13.0. The Kier molecular flexibility index (Phi) is 4.48. The second-order valence-electron chi connectivity index (χ2n) is 6.16. The highest BCUT2D eigenvalue weighted by atomic mass is 19.1. The molecule has 2 heterocycles. The molecular weight excluding hydrogens is 319 g/mol. The second-order valence-corrected chi connectivity index (χ2v) is 6.16. The number of oxazole rings is 1. The zero-order valence-electron chi connectivity index (χ0n) is 13.7. The summed E-state index contributed by atoms with van der Waals surface area (Å²) in [5.74, 6) is 1.96. The maximum atomic E-state index is 13.0. The van der Waals surface area contributed by atoms with E-state index in [4.69, 9.17) is 9.15 Å². The fourth-order valence-corrected chi connectivity index (χ4v) is 2.99. The Bertz CT molecular complexity index is 818. The topological polar surface area (TPSA) is 47.3 Å². The van der Waals surface area contributed by atoms with Crippen LogP contribution in [0.15, 0.2) is 59.1 Å². The molecule has 5 heteroatoms. The van der Waals surface area contributed by atoms with Gasteiger partial charge < -0.3 is 14.5 Å². The lowest BCUT2D eigenvalue weighted by Crippen LogP contribution is -2.33. The van der Waals surface area contributed by atoms with Gasteiger partial charge in [-0.1, -0.05) is 18.2 Å². The van der Waals surface area contributed by atoms with Gasteiger partial charge in [-0.05, 0) is 48.7 Å². The Morgan fingerprint density at radius 3 is 2.84 bits per heavy atom. The molecule has 4 rings (SSSR count). The van der Waals surface area contributed by atoms with E-state index >= 15 is 0 Å². The molecule has 128 valence electrons. The van der Waals surface area contributed by atoms with Crippen LogP contribution in [-0.2, 0) is 13.0 Å². The number of aryl methyl sites for hydroxylation is 1. The van der Waals surface area contributed by atoms with Gasteiger partial charge in [0, 0.05) is 11.6 Å². The predicted molar refractivity (Wildman–Crippen MR) is 92.8 cm³/mol. The first-order valence-electron chi connectivity index (χ1n) is 8.43. The Morgan fingerprint density at radius 1 is 1.12 bits per heavy atom. The number of nitrogens with one attached hydrogen (secondary N) is 1. The van der Waals surface area contributed by atoms with Gasteiger partial charge in [0.05, 0.1) is 12.7 Å². The predicted octanol–water partition coefficient (Wildman–Crippen LogP) is 3.96.